The summed E-state index contributed by atoms with van der Waals surface area (Å²) >= 11 is 0. The van der Waals surface area contributed by atoms with E-state index in [1.807, 2.05) is 13.1 Å². The molecule has 0 radical (unpaired) electrons. The number of aryl methyl sites for hydroxylation is 1. The van der Waals surface area contributed by atoms with Gasteiger partial charge in [-0.3, -0.25) is 9.20 Å². The quantitative estimate of drug-likeness (QED) is 0.685. The van der Waals surface area contributed by atoms with E-state index in [1.165, 1.54) is 0 Å². The third kappa shape index (κ3) is 1.18. The molecule has 0 spiro atoms. The molecule has 0 amide bonds. The molecule has 2 heterocycles. The summed E-state index contributed by atoms with van der Waals surface area (Å²) in [6.45, 7) is 1.82. The number of pyridine rings is 1. The summed E-state index contributed by atoms with van der Waals surface area (Å²) in [4.78, 5) is 11.4. The lowest BCUT2D eigenvalue weighted by atomic mass is 10.2. The van der Waals surface area contributed by atoms with Crippen LogP contribution in [0.4, 0.5) is 0 Å². The molecule has 0 bridgehead atoms. The minimum atomic E-state index is -0.122. The van der Waals surface area contributed by atoms with Gasteiger partial charge in [-0.25, -0.2) is 0 Å². The molecular formula is C9H10N4O. The Bertz CT molecular complexity index is 489. The molecule has 0 aliphatic rings. The predicted molar refractivity (Wildman–Crippen MR) is 51.1 cm³/mol. The fourth-order valence-electron chi connectivity index (χ4n) is 1.36. The minimum Gasteiger partial charge on any atom is -0.324 e. The number of rotatable bonds is 2. The van der Waals surface area contributed by atoms with Gasteiger partial charge >= 0.3 is 0 Å². The molecule has 0 unspecified atom stereocenters. The van der Waals surface area contributed by atoms with Gasteiger partial charge in [0.1, 0.15) is 5.82 Å². The van der Waals surface area contributed by atoms with Crippen LogP contribution < -0.4 is 5.73 Å². The van der Waals surface area contributed by atoms with Crippen LogP contribution in [0.5, 0.6) is 0 Å². The molecule has 2 aromatic rings. The maximum atomic E-state index is 11.4. The number of nitrogens with two attached hydrogens (primary N) is 1. The lowest BCUT2D eigenvalue weighted by Gasteiger charge is -1.99. The van der Waals surface area contributed by atoms with Gasteiger partial charge in [0, 0.05) is 6.20 Å². The fraction of sp³-hybridized carbons (Fsp3) is 0.222. The van der Waals surface area contributed by atoms with Crippen LogP contribution in [0.25, 0.3) is 5.65 Å². The smallest absolute Gasteiger partial charge is 0.180 e. The standard InChI is InChI=1S/C9H10N4O/c1-6-11-12-9-7(8(14)5-10)3-2-4-13(6)9/h2-4H,5,10H2,1H3. The zero-order valence-electron chi connectivity index (χ0n) is 7.77. The number of fused-ring (bicyclic) bond motifs is 1. The SMILES string of the molecule is Cc1nnc2c(C(=O)CN)cccn12. The Kier molecular flexibility index (Phi) is 2.01. The van der Waals surface area contributed by atoms with Crippen molar-refractivity contribution in [1.29, 1.82) is 0 Å². The second-order valence-corrected chi connectivity index (χ2v) is 2.99. The number of aromatic nitrogens is 3. The second kappa shape index (κ2) is 3.19. The Morgan fingerprint density at radius 2 is 2.36 bits per heavy atom. The first kappa shape index (κ1) is 8.83. The highest BCUT2D eigenvalue weighted by atomic mass is 16.1. The summed E-state index contributed by atoms with van der Waals surface area (Å²) in [6.07, 6.45) is 1.82. The molecule has 0 aliphatic heterocycles. The number of carbonyl (C=O) groups excluding carboxylic acids is 1. The van der Waals surface area contributed by atoms with E-state index in [2.05, 4.69) is 10.2 Å². The van der Waals surface area contributed by atoms with E-state index in [0.29, 0.717) is 11.2 Å². The zero-order chi connectivity index (χ0) is 10.1. The lowest BCUT2D eigenvalue weighted by molar-refractivity contribution is 0.100. The molecule has 0 fully saturated rings. The van der Waals surface area contributed by atoms with E-state index in [9.17, 15) is 4.79 Å². The number of ketones is 1. The molecule has 0 atom stereocenters. The number of hydrogen-bond acceptors (Lipinski definition) is 4. The summed E-state index contributed by atoms with van der Waals surface area (Å²) in [5.41, 5.74) is 6.39. The van der Waals surface area contributed by atoms with Crippen molar-refractivity contribution >= 4 is 11.4 Å². The van der Waals surface area contributed by atoms with Crippen LogP contribution in [0, 0.1) is 6.92 Å². The summed E-state index contributed by atoms with van der Waals surface area (Å²) in [7, 11) is 0. The average molecular weight is 190 g/mol. The van der Waals surface area contributed by atoms with Gasteiger partial charge in [0.25, 0.3) is 0 Å². The Balaban J connectivity index is 2.71. The van der Waals surface area contributed by atoms with Gasteiger partial charge in [-0.1, -0.05) is 0 Å². The van der Waals surface area contributed by atoms with Gasteiger partial charge in [-0.05, 0) is 19.1 Å². The Morgan fingerprint density at radius 1 is 1.57 bits per heavy atom. The highest BCUT2D eigenvalue weighted by molar-refractivity contribution is 6.02. The van der Waals surface area contributed by atoms with Crippen LogP contribution in [0.3, 0.4) is 0 Å². The summed E-state index contributed by atoms with van der Waals surface area (Å²) in [5.74, 6) is 0.634. The molecule has 2 aromatic heterocycles. The van der Waals surface area contributed by atoms with Gasteiger partial charge < -0.3 is 5.73 Å². The number of nitrogens with zero attached hydrogens (tertiary/aromatic N) is 3. The van der Waals surface area contributed by atoms with E-state index < -0.39 is 0 Å². The molecule has 0 aromatic carbocycles. The van der Waals surface area contributed by atoms with Gasteiger partial charge in [0.15, 0.2) is 11.4 Å². The normalized spacial score (nSPS) is 10.7. The van der Waals surface area contributed by atoms with Crippen molar-refractivity contribution < 1.29 is 4.79 Å². The lowest BCUT2D eigenvalue weighted by Crippen LogP contribution is -2.14. The maximum Gasteiger partial charge on any atom is 0.180 e. The summed E-state index contributed by atoms with van der Waals surface area (Å²) in [6, 6.07) is 3.49. The molecule has 5 nitrogen and oxygen atoms in total. The topological polar surface area (TPSA) is 73.3 Å². The van der Waals surface area contributed by atoms with Crippen molar-refractivity contribution in [3.8, 4) is 0 Å². The van der Waals surface area contributed by atoms with E-state index in [1.54, 1.807) is 16.5 Å². The first-order valence-corrected chi connectivity index (χ1v) is 4.27. The highest BCUT2D eigenvalue weighted by Gasteiger charge is 2.11. The van der Waals surface area contributed by atoms with Crippen LogP contribution in [0.2, 0.25) is 0 Å². The average Bonchev–Trinajstić information content (AvgIpc) is 2.59. The van der Waals surface area contributed by atoms with Crippen molar-refractivity contribution in [1.82, 2.24) is 14.6 Å². The molecule has 5 heteroatoms. The molecule has 14 heavy (non-hydrogen) atoms. The highest BCUT2D eigenvalue weighted by Crippen LogP contribution is 2.09. The van der Waals surface area contributed by atoms with Crippen molar-refractivity contribution in [2.24, 2.45) is 5.73 Å². The van der Waals surface area contributed by atoms with Crippen molar-refractivity contribution in [2.45, 2.75) is 6.92 Å². The van der Waals surface area contributed by atoms with Gasteiger partial charge in [0.05, 0.1) is 12.1 Å². The Hall–Kier alpha value is -1.75. The fourth-order valence-corrected chi connectivity index (χ4v) is 1.36. The maximum absolute atomic E-state index is 11.4. The molecular weight excluding hydrogens is 180 g/mol. The minimum absolute atomic E-state index is 0.00835. The van der Waals surface area contributed by atoms with E-state index >= 15 is 0 Å². The molecule has 0 saturated heterocycles. The van der Waals surface area contributed by atoms with E-state index in [-0.39, 0.29) is 12.3 Å². The molecule has 2 N–H and O–H groups in total. The van der Waals surface area contributed by atoms with Crippen LogP contribution in [-0.2, 0) is 0 Å². The van der Waals surface area contributed by atoms with E-state index in [4.69, 9.17) is 5.73 Å². The summed E-state index contributed by atoms with van der Waals surface area (Å²) < 4.78 is 1.77. The van der Waals surface area contributed by atoms with Crippen molar-refractivity contribution in [3.05, 3.63) is 29.7 Å². The zero-order valence-corrected chi connectivity index (χ0v) is 7.77. The van der Waals surface area contributed by atoms with Crippen molar-refractivity contribution in [2.75, 3.05) is 6.54 Å². The Morgan fingerprint density at radius 3 is 3.07 bits per heavy atom. The van der Waals surface area contributed by atoms with E-state index in [0.717, 1.165) is 5.82 Å². The number of Topliss-reactive ketones (excluding diaryl/α,β-unsaturated/α-hetero) is 1. The molecule has 2 rings (SSSR count). The molecule has 72 valence electrons. The van der Waals surface area contributed by atoms with Crippen LogP contribution in [-0.4, -0.2) is 26.9 Å². The summed E-state index contributed by atoms with van der Waals surface area (Å²) in [5, 5.41) is 7.82. The third-order valence-electron chi connectivity index (χ3n) is 2.09. The van der Waals surface area contributed by atoms with Crippen molar-refractivity contribution in [3.63, 3.8) is 0 Å². The largest absolute Gasteiger partial charge is 0.324 e. The molecule has 0 aliphatic carbocycles. The number of carbonyl (C=O) groups is 1. The predicted octanol–water partition coefficient (Wildman–Crippen LogP) is 0.179. The van der Waals surface area contributed by atoms with Crippen LogP contribution in [0.1, 0.15) is 16.2 Å². The Labute approximate surface area is 80.6 Å². The van der Waals surface area contributed by atoms with Gasteiger partial charge in [-0.2, -0.15) is 0 Å². The number of hydrogen-bond donors (Lipinski definition) is 1. The van der Waals surface area contributed by atoms with Gasteiger partial charge in [0.2, 0.25) is 0 Å². The van der Waals surface area contributed by atoms with Gasteiger partial charge in [-0.15, -0.1) is 10.2 Å². The first-order valence-electron chi connectivity index (χ1n) is 4.27. The van der Waals surface area contributed by atoms with Crippen LogP contribution in [0.15, 0.2) is 18.3 Å². The second-order valence-electron chi connectivity index (χ2n) is 2.99. The monoisotopic (exact) mass is 190 g/mol. The van der Waals surface area contributed by atoms with Crippen LogP contribution >= 0.6 is 0 Å². The third-order valence-corrected chi connectivity index (χ3v) is 2.09. The molecule has 0 saturated carbocycles. The first-order chi connectivity index (χ1) is 6.74.